The van der Waals surface area contributed by atoms with Crippen LogP contribution < -0.4 is 5.32 Å². The van der Waals surface area contributed by atoms with Gasteiger partial charge in [0.05, 0.1) is 0 Å². The van der Waals surface area contributed by atoms with Gasteiger partial charge in [-0.15, -0.1) is 0 Å². The molecule has 0 bridgehead atoms. The van der Waals surface area contributed by atoms with Crippen molar-refractivity contribution in [1.29, 1.82) is 0 Å². The molecule has 0 aromatic heterocycles. The van der Waals surface area contributed by atoms with E-state index in [1.165, 1.54) is 6.42 Å². The van der Waals surface area contributed by atoms with Gasteiger partial charge in [-0.25, -0.2) is 0 Å². The third-order valence-corrected chi connectivity index (χ3v) is 2.05. The molecule has 0 aliphatic heterocycles. The minimum absolute atomic E-state index is 0.217. The molecular formula is C11H23NO. The van der Waals surface area contributed by atoms with Crippen molar-refractivity contribution in [2.45, 2.75) is 52.9 Å². The molecule has 0 aromatic carbocycles. The largest absolute Gasteiger partial charge is 0.356 e. The van der Waals surface area contributed by atoms with Gasteiger partial charge in [0.2, 0.25) is 5.91 Å². The van der Waals surface area contributed by atoms with Crippen molar-refractivity contribution < 1.29 is 4.79 Å². The summed E-state index contributed by atoms with van der Waals surface area (Å²) in [6, 6.07) is 0. The Morgan fingerprint density at radius 3 is 2.54 bits per heavy atom. The zero-order valence-electron chi connectivity index (χ0n) is 9.23. The number of nitrogens with one attached hydrogen (secondary N) is 1. The quantitative estimate of drug-likeness (QED) is 0.607. The zero-order valence-corrected chi connectivity index (χ0v) is 9.23. The van der Waals surface area contributed by atoms with E-state index in [9.17, 15) is 4.79 Å². The van der Waals surface area contributed by atoms with Crippen LogP contribution in [0.15, 0.2) is 0 Å². The van der Waals surface area contributed by atoms with Crippen LogP contribution in [0.1, 0.15) is 52.9 Å². The normalized spacial score (nSPS) is 10.5. The van der Waals surface area contributed by atoms with Crippen molar-refractivity contribution in [2.24, 2.45) is 5.92 Å². The summed E-state index contributed by atoms with van der Waals surface area (Å²) in [5, 5.41) is 2.93. The molecule has 78 valence electrons. The molecule has 0 radical (unpaired) electrons. The predicted molar refractivity (Wildman–Crippen MR) is 56.6 cm³/mol. The topological polar surface area (TPSA) is 29.1 Å². The van der Waals surface area contributed by atoms with Crippen LogP contribution in [-0.2, 0) is 4.79 Å². The van der Waals surface area contributed by atoms with E-state index in [0.29, 0.717) is 12.3 Å². The molecule has 2 heteroatoms. The molecular weight excluding hydrogens is 162 g/mol. The van der Waals surface area contributed by atoms with Crippen LogP contribution in [0.4, 0.5) is 0 Å². The van der Waals surface area contributed by atoms with Crippen LogP contribution in [0.2, 0.25) is 0 Å². The molecule has 0 unspecified atom stereocenters. The van der Waals surface area contributed by atoms with Gasteiger partial charge < -0.3 is 5.32 Å². The Morgan fingerprint density at radius 1 is 1.31 bits per heavy atom. The second-order valence-corrected chi connectivity index (χ2v) is 3.99. The van der Waals surface area contributed by atoms with Gasteiger partial charge in [0, 0.05) is 13.0 Å². The fraction of sp³-hybridized carbons (Fsp3) is 0.909. The molecule has 13 heavy (non-hydrogen) atoms. The van der Waals surface area contributed by atoms with Gasteiger partial charge in [-0.2, -0.15) is 0 Å². The van der Waals surface area contributed by atoms with Crippen molar-refractivity contribution in [3.05, 3.63) is 0 Å². The lowest BCUT2D eigenvalue weighted by atomic mass is 10.1. The van der Waals surface area contributed by atoms with Crippen molar-refractivity contribution in [2.75, 3.05) is 6.54 Å². The fourth-order valence-electron chi connectivity index (χ4n) is 1.12. The first-order valence-corrected chi connectivity index (χ1v) is 5.43. The second kappa shape index (κ2) is 8.09. The second-order valence-electron chi connectivity index (χ2n) is 3.99. The number of unbranched alkanes of at least 4 members (excludes halogenated alkanes) is 2. The third kappa shape index (κ3) is 9.38. The van der Waals surface area contributed by atoms with Gasteiger partial charge in [0.25, 0.3) is 0 Å². The van der Waals surface area contributed by atoms with Gasteiger partial charge in [-0.1, -0.05) is 33.6 Å². The molecule has 0 fully saturated rings. The number of carbonyl (C=O) groups excluding carboxylic acids is 1. The van der Waals surface area contributed by atoms with Crippen LogP contribution >= 0.6 is 0 Å². The summed E-state index contributed by atoms with van der Waals surface area (Å²) in [4.78, 5) is 11.2. The first-order valence-electron chi connectivity index (χ1n) is 5.43. The molecule has 0 atom stereocenters. The lowest BCUT2D eigenvalue weighted by Gasteiger charge is -2.06. The van der Waals surface area contributed by atoms with E-state index in [4.69, 9.17) is 0 Å². The summed E-state index contributed by atoms with van der Waals surface area (Å²) in [5.74, 6) is 0.894. The molecule has 0 spiro atoms. The van der Waals surface area contributed by atoms with Crippen molar-refractivity contribution >= 4 is 5.91 Å². The summed E-state index contributed by atoms with van der Waals surface area (Å²) < 4.78 is 0. The van der Waals surface area contributed by atoms with Crippen LogP contribution in [0.25, 0.3) is 0 Å². The maximum Gasteiger partial charge on any atom is 0.219 e. The Labute approximate surface area is 82.1 Å². The SMILES string of the molecule is CCCCCC(=O)NCCC(C)C. The first-order chi connectivity index (χ1) is 6.16. The van der Waals surface area contributed by atoms with Crippen molar-refractivity contribution in [3.63, 3.8) is 0 Å². The number of rotatable bonds is 7. The highest BCUT2D eigenvalue weighted by Gasteiger charge is 2.00. The minimum Gasteiger partial charge on any atom is -0.356 e. The molecule has 1 amide bonds. The van der Waals surface area contributed by atoms with Crippen LogP contribution in [0.5, 0.6) is 0 Å². The Balaban J connectivity index is 3.20. The molecule has 1 N–H and O–H groups in total. The number of hydrogen-bond donors (Lipinski definition) is 1. The summed E-state index contributed by atoms with van der Waals surface area (Å²) in [6.45, 7) is 7.33. The fourth-order valence-corrected chi connectivity index (χ4v) is 1.12. The molecule has 0 heterocycles. The standard InChI is InChI=1S/C11H23NO/c1-4-5-6-7-11(13)12-9-8-10(2)3/h10H,4-9H2,1-3H3,(H,12,13). The number of carbonyl (C=O) groups is 1. The highest BCUT2D eigenvalue weighted by atomic mass is 16.1. The van der Waals surface area contributed by atoms with E-state index in [-0.39, 0.29) is 5.91 Å². The zero-order chi connectivity index (χ0) is 10.1. The van der Waals surface area contributed by atoms with Crippen LogP contribution in [0.3, 0.4) is 0 Å². The first kappa shape index (κ1) is 12.5. The molecule has 0 saturated carbocycles. The summed E-state index contributed by atoms with van der Waals surface area (Å²) in [7, 11) is 0. The average Bonchev–Trinajstić information content (AvgIpc) is 2.04. The van der Waals surface area contributed by atoms with Gasteiger partial charge >= 0.3 is 0 Å². The van der Waals surface area contributed by atoms with Gasteiger partial charge in [0.15, 0.2) is 0 Å². The van der Waals surface area contributed by atoms with Crippen molar-refractivity contribution in [3.8, 4) is 0 Å². The Morgan fingerprint density at radius 2 is 2.00 bits per heavy atom. The molecule has 2 nitrogen and oxygen atoms in total. The highest BCUT2D eigenvalue weighted by molar-refractivity contribution is 5.75. The Kier molecular flexibility index (Phi) is 7.76. The summed E-state index contributed by atoms with van der Waals surface area (Å²) in [6.07, 6.45) is 5.16. The average molecular weight is 185 g/mol. The molecule has 0 aromatic rings. The van der Waals surface area contributed by atoms with Gasteiger partial charge in [-0.05, 0) is 18.8 Å². The minimum atomic E-state index is 0.217. The molecule has 0 rings (SSSR count). The van der Waals surface area contributed by atoms with E-state index in [2.05, 4.69) is 26.1 Å². The Bertz CT molecular complexity index is 132. The van der Waals surface area contributed by atoms with Gasteiger partial charge in [0.1, 0.15) is 0 Å². The predicted octanol–water partition coefficient (Wildman–Crippen LogP) is 2.73. The van der Waals surface area contributed by atoms with E-state index in [1.54, 1.807) is 0 Å². The third-order valence-electron chi connectivity index (χ3n) is 2.05. The lowest BCUT2D eigenvalue weighted by Crippen LogP contribution is -2.24. The maximum absolute atomic E-state index is 11.2. The van der Waals surface area contributed by atoms with Crippen LogP contribution in [-0.4, -0.2) is 12.5 Å². The summed E-state index contributed by atoms with van der Waals surface area (Å²) in [5.41, 5.74) is 0. The smallest absolute Gasteiger partial charge is 0.219 e. The van der Waals surface area contributed by atoms with E-state index >= 15 is 0 Å². The summed E-state index contributed by atoms with van der Waals surface area (Å²) >= 11 is 0. The number of amides is 1. The highest BCUT2D eigenvalue weighted by Crippen LogP contribution is 1.99. The Hall–Kier alpha value is -0.530. The lowest BCUT2D eigenvalue weighted by molar-refractivity contribution is -0.121. The monoisotopic (exact) mass is 185 g/mol. The molecule has 0 aliphatic rings. The number of hydrogen-bond acceptors (Lipinski definition) is 1. The van der Waals surface area contributed by atoms with Crippen LogP contribution in [0, 0.1) is 5.92 Å². The van der Waals surface area contributed by atoms with E-state index in [1.807, 2.05) is 0 Å². The molecule has 0 aliphatic carbocycles. The van der Waals surface area contributed by atoms with E-state index < -0.39 is 0 Å². The maximum atomic E-state index is 11.2. The van der Waals surface area contributed by atoms with Gasteiger partial charge in [-0.3, -0.25) is 4.79 Å². The molecule has 0 saturated heterocycles. The van der Waals surface area contributed by atoms with Crippen molar-refractivity contribution in [1.82, 2.24) is 5.32 Å². The van der Waals surface area contributed by atoms with E-state index in [0.717, 1.165) is 25.8 Å².